The van der Waals surface area contributed by atoms with Crippen LogP contribution in [-0.4, -0.2) is 18.2 Å². The van der Waals surface area contributed by atoms with Crippen LogP contribution in [0.25, 0.3) is 0 Å². The van der Waals surface area contributed by atoms with Gasteiger partial charge in [-0.05, 0) is 41.3 Å². The Kier molecular flexibility index (Phi) is 5.18. The van der Waals surface area contributed by atoms with E-state index in [0.29, 0.717) is 5.69 Å². The lowest BCUT2D eigenvalue weighted by atomic mass is 9.85. The number of anilines is 1. The number of hydrazone groups is 1. The van der Waals surface area contributed by atoms with E-state index in [1.807, 2.05) is 18.2 Å². The van der Waals surface area contributed by atoms with Crippen molar-refractivity contribution in [2.75, 3.05) is 12.5 Å². The van der Waals surface area contributed by atoms with Gasteiger partial charge >= 0.3 is 0 Å². The van der Waals surface area contributed by atoms with Crippen LogP contribution in [0.5, 0.6) is 5.75 Å². The number of non-ortho nitro benzene ring substituents is 1. The molecule has 0 radical (unpaired) electrons. The van der Waals surface area contributed by atoms with Crippen LogP contribution in [0.2, 0.25) is 0 Å². The minimum atomic E-state index is -0.432. The molecule has 2 rings (SSSR count). The highest BCUT2D eigenvalue weighted by Crippen LogP contribution is 2.31. The molecule has 0 atom stereocenters. The summed E-state index contributed by atoms with van der Waals surface area (Å²) in [6.07, 6.45) is 1.70. The molecule has 0 fully saturated rings. The molecule has 2 aromatic carbocycles. The Bertz CT molecular complexity index is 747. The van der Waals surface area contributed by atoms with Crippen molar-refractivity contribution in [3.05, 3.63) is 63.7 Å². The van der Waals surface area contributed by atoms with Gasteiger partial charge in [-0.1, -0.05) is 20.8 Å². The number of nitro groups is 1. The molecule has 0 aliphatic rings. The van der Waals surface area contributed by atoms with Crippen LogP contribution < -0.4 is 10.2 Å². The number of rotatable bonds is 5. The maximum atomic E-state index is 10.6. The Hall–Kier alpha value is -2.89. The Morgan fingerprint density at radius 3 is 2.38 bits per heavy atom. The Balaban J connectivity index is 2.13. The molecule has 0 spiro atoms. The molecule has 0 heterocycles. The molecule has 0 amide bonds. The highest BCUT2D eigenvalue weighted by molar-refractivity contribution is 5.81. The minimum Gasteiger partial charge on any atom is -0.496 e. The fraction of sp³-hybridized carbons (Fsp3) is 0.278. The van der Waals surface area contributed by atoms with Crippen molar-refractivity contribution in [1.82, 2.24) is 0 Å². The lowest BCUT2D eigenvalue weighted by Gasteiger charge is -2.22. The van der Waals surface area contributed by atoms with E-state index in [4.69, 9.17) is 4.74 Å². The highest BCUT2D eigenvalue weighted by atomic mass is 16.6. The quantitative estimate of drug-likeness (QED) is 0.503. The first-order chi connectivity index (χ1) is 11.3. The van der Waals surface area contributed by atoms with Gasteiger partial charge in [-0.2, -0.15) is 5.10 Å². The third-order valence-corrected chi connectivity index (χ3v) is 3.52. The summed E-state index contributed by atoms with van der Waals surface area (Å²) in [4.78, 5) is 10.2. The number of methoxy groups -OCH3 is 1. The normalized spacial score (nSPS) is 11.5. The summed E-state index contributed by atoms with van der Waals surface area (Å²) in [7, 11) is 1.66. The number of nitrogens with zero attached hydrogens (tertiary/aromatic N) is 2. The molecule has 126 valence electrons. The van der Waals surface area contributed by atoms with Gasteiger partial charge in [0.1, 0.15) is 5.75 Å². The average molecular weight is 327 g/mol. The summed E-state index contributed by atoms with van der Waals surface area (Å²) in [5.41, 5.74) is 5.59. The number of ether oxygens (including phenoxy) is 1. The van der Waals surface area contributed by atoms with Crippen molar-refractivity contribution in [2.45, 2.75) is 26.2 Å². The highest BCUT2D eigenvalue weighted by Gasteiger charge is 2.18. The molecule has 24 heavy (non-hydrogen) atoms. The predicted molar refractivity (Wildman–Crippen MR) is 96.0 cm³/mol. The molecule has 0 saturated carbocycles. The smallest absolute Gasteiger partial charge is 0.269 e. The average Bonchev–Trinajstić information content (AvgIpc) is 2.54. The molecular formula is C18H21N3O3. The molecule has 2 aromatic rings. The second kappa shape index (κ2) is 7.12. The Morgan fingerprint density at radius 2 is 1.83 bits per heavy atom. The zero-order valence-electron chi connectivity index (χ0n) is 14.2. The summed E-state index contributed by atoms with van der Waals surface area (Å²) >= 11 is 0. The second-order valence-corrected chi connectivity index (χ2v) is 6.38. The second-order valence-electron chi connectivity index (χ2n) is 6.38. The standard InChI is InChI=1S/C18H21N3O3/c1-18(2,3)16-11-13(5-10-17(16)24-4)12-19-20-14-6-8-15(9-7-14)21(22)23/h5-12,20H,1-4H3/b19-12+. The monoisotopic (exact) mass is 327 g/mol. The van der Waals surface area contributed by atoms with Crippen molar-refractivity contribution in [1.29, 1.82) is 0 Å². The number of hydrogen-bond acceptors (Lipinski definition) is 5. The van der Waals surface area contributed by atoms with Gasteiger partial charge in [0.2, 0.25) is 0 Å². The van der Waals surface area contributed by atoms with Gasteiger partial charge in [0.25, 0.3) is 5.69 Å². The zero-order chi connectivity index (χ0) is 17.7. The van der Waals surface area contributed by atoms with E-state index in [1.165, 1.54) is 12.1 Å². The van der Waals surface area contributed by atoms with E-state index in [9.17, 15) is 10.1 Å². The molecule has 0 bridgehead atoms. The predicted octanol–water partition coefficient (Wildman–Crippen LogP) is 4.35. The van der Waals surface area contributed by atoms with Gasteiger partial charge in [-0.15, -0.1) is 0 Å². The van der Waals surface area contributed by atoms with Gasteiger partial charge in [0, 0.05) is 17.7 Å². The van der Waals surface area contributed by atoms with Gasteiger partial charge < -0.3 is 4.74 Å². The summed E-state index contributed by atoms with van der Waals surface area (Å²) in [5, 5.41) is 14.8. The molecule has 1 N–H and O–H groups in total. The Labute approximate surface area is 141 Å². The maximum absolute atomic E-state index is 10.6. The van der Waals surface area contributed by atoms with E-state index < -0.39 is 4.92 Å². The van der Waals surface area contributed by atoms with Gasteiger partial charge in [-0.3, -0.25) is 15.5 Å². The lowest BCUT2D eigenvalue weighted by molar-refractivity contribution is -0.384. The van der Waals surface area contributed by atoms with E-state index in [0.717, 1.165) is 16.9 Å². The molecule has 0 aliphatic heterocycles. The largest absolute Gasteiger partial charge is 0.496 e. The van der Waals surface area contributed by atoms with Gasteiger partial charge in [0.05, 0.1) is 23.9 Å². The SMILES string of the molecule is COc1ccc(/C=N/Nc2ccc([N+](=O)[O-])cc2)cc1C(C)(C)C. The first kappa shape index (κ1) is 17.5. The molecule has 0 saturated heterocycles. The maximum Gasteiger partial charge on any atom is 0.269 e. The van der Waals surface area contributed by atoms with E-state index in [2.05, 4.69) is 31.3 Å². The molecule has 6 heteroatoms. The number of benzene rings is 2. The number of nitrogens with one attached hydrogen (secondary N) is 1. The van der Waals surface area contributed by atoms with Gasteiger partial charge in [-0.25, -0.2) is 0 Å². The minimum absolute atomic E-state index is 0.0407. The third kappa shape index (κ3) is 4.32. The molecular weight excluding hydrogens is 306 g/mol. The van der Waals surface area contributed by atoms with Gasteiger partial charge in [0.15, 0.2) is 0 Å². The van der Waals surface area contributed by atoms with Crippen molar-refractivity contribution in [3.8, 4) is 5.75 Å². The van der Waals surface area contributed by atoms with Crippen molar-refractivity contribution >= 4 is 17.6 Å². The van der Waals surface area contributed by atoms with Crippen LogP contribution in [0.3, 0.4) is 0 Å². The first-order valence-corrected chi connectivity index (χ1v) is 7.53. The van der Waals surface area contributed by atoms with Crippen LogP contribution in [0, 0.1) is 10.1 Å². The third-order valence-electron chi connectivity index (χ3n) is 3.52. The molecule has 0 aliphatic carbocycles. The fourth-order valence-corrected chi connectivity index (χ4v) is 2.23. The van der Waals surface area contributed by atoms with Crippen LogP contribution in [0.1, 0.15) is 31.9 Å². The molecule has 0 aromatic heterocycles. The summed E-state index contributed by atoms with van der Waals surface area (Å²) in [6, 6.07) is 12.0. The van der Waals surface area contributed by atoms with Crippen molar-refractivity contribution < 1.29 is 9.66 Å². The summed E-state index contributed by atoms with van der Waals surface area (Å²) in [5.74, 6) is 0.850. The fourth-order valence-electron chi connectivity index (χ4n) is 2.23. The Morgan fingerprint density at radius 1 is 1.17 bits per heavy atom. The van der Waals surface area contributed by atoms with Crippen LogP contribution in [-0.2, 0) is 5.41 Å². The molecule has 6 nitrogen and oxygen atoms in total. The van der Waals surface area contributed by atoms with E-state index in [1.54, 1.807) is 25.5 Å². The first-order valence-electron chi connectivity index (χ1n) is 7.53. The zero-order valence-corrected chi connectivity index (χ0v) is 14.2. The van der Waals surface area contributed by atoms with E-state index in [-0.39, 0.29) is 11.1 Å². The molecule has 0 unspecified atom stereocenters. The van der Waals surface area contributed by atoms with Crippen LogP contribution in [0.15, 0.2) is 47.6 Å². The summed E-state index contributed by atoms with van der Waals surface area (Å²) < 4.78 is 5.42. The summed E-state index contributed by atoms with van der Waals surface area (Å²) in [6.45, 7) is 6.38. The topological polar surface area (TPSA) is 76.8 Å². The number of nitro benzene ring substituents is 1. The van der Waals surface area contributed by atoms with Crippen molar-refractivity contribution in [3.63, 3.8) is 0 Å². The van der Waals surface area contributed by atoms with Crippen molar-refractivity contribution in [2.24, 2.45) is 5.10 Å². The van der Waals surface area contributed by atoms with E-state index >= 15 is 0 Å². The van der Waals surface area contributed by atoms with Crippen LogP contribution in [0.4, 0.5) is 11.4 Å². The van der Waals surface area contributed by atoms with Crippen LogP contribution >= 0.6 is 0 Å². The lowest BCUT2D eigenvalue weighted by Crippen LogP contribution is -2.13. The number of hydrogen-bond donors (Lipinski definition) is 1.